The molecule has 7 heavy (non-hydrogen) atoms. The lowest BCUT2D eigenvalue weighted by molar-refractivity contribution is -0.496. The molecular formula is C2H5ClN2O2. The Morgan fingerprint density at radius 3 is 2.43 bits per heavy atom. The Hall–Kier alpha value is -0.350. The Labute approximate surface area is 45.9 Å². The van der Waals surface area contributed by atoms with Crippen molar-refractivity contribution in [2.75, 3.05) is 13.7 Å². The smallest absolute Gasteiger partial charge is 0.263 e. The second-order valence-electron chi connectivity index (χ2n) is 1.08. The first-order valence-electron chi connectivity index (χ1n) is 1.61. The van der Waals surface area contributed by atoms with Crippen molar-refractivity contribution in [3.63, 3.8) is 0 Å². The summed E-state index contributed by atoms with van der Waals surface area (Å²) in [4.78, 5) is 8.98. The summed E-state index contributed by atoms with van der Waals surface area (Å²) in [6.45, 7) is -0.318. The van der Waals surface area contributed by atoms with Gasteiger partial charge in [-0.15, -0.1) is 0 Å². The van der Waals surface area contributed by atoms with Crippen LogP contribution in [0.3, 0.4) is 0 Å². The molecule has 4 nitrogen and oxygen atoms in total. The zero-order valence-corrected chi connectivity index (χ0v) is 4.55. The molecule has 0 heterocycles. The minimum Gasteiger partial charge on any atom is -0.263 e. The molecule has 0 unspecified atom stereocenters. The van der Waals surface area contributed by atoms with E-state index in [9.17, 15) is 10.1 Å². The van der Waals surface area contributed by atoms with E-state index in [1.807, 2.05) is 0 Å². The highest BCUT2D eigenvalue weighted by Gasteiger charge is 1.97. The van der Waals surface area contributed by atoms with Crippen LogP contribution in [0.1, 0.15) is 0 Å². The number of nitro groups is 1. The fourth-order valence-corrected chi connectivity index (χ4v) is 0.246. The summed E-state index contributed by atoms with van der Waals surface area (Å²) < 4.78 is 0.972. The topological polar surface area (TPSA) is 46.4 Å². The molecule has 0 rings (SSSR count). The molecule has 0 aliphatic heterocycles. The Morgan fingerprint density at radius 2 is 2.43 bits per heavy atom. The summed E-state index contributed by atoms with van der Waals surface area (Å²) in [5.41, 5.74) is 0. The second kappa shape index (κ2) is 2.76. The van der Waals surface area contributed by atoms with E-state index in [0.717, 1.165) is 4.42 Å². The second-order valence-corrected chi connectivity index (χ2v) is 1.66. The summed E-state index contributed by atoms with van der Waals surface area (Å²) in [5.74, 6) is 0. The van der Waals surface area contributed by atoms with E-state index in [2.05, 4.69) is 0 Å². The number of hydrogen-bond donors (Lipinski definition) is 0. The zero-order chi connectivity index (χ0) is 5.86. The molecule has 0 saturated carbocycles. The van der Waals surface area contributed by atoms with E-state index in [0.29, 0.717) is 0 Å². The van der Waals surface area contributed by atoms with Crippen LogP contribution >= 0.6 is 11.8 Å². The van der Waals surface area contributed by atoms with Crippen LogP contribution in [0.15, 0.2) is 0 Å². The van der Waals surface area contributed by atoms with Gasteiger partial charge in [0.15, 0.2) is 0 Å². The van der Waals surface area contributed by atoms with Crippen molar-refractivity contribution >= 4 is 11.8 Å². The van der Waals surface area contributed by atoms with Gasteiger partial charge >= 0.3 is 0 Å². The number of hydrogen-bond acceptors (Lipinski definition) is 3. The summed E-state index contributed by atoms with van der Waals surface area (Å²) >= 11 is 5.06. The molecule has 42 valence electrons. The summed E-state index contributed by atoms with van der Waals surface area (Å²) in [6.07, 6.45) is 0. The molecule has 0 atom stereocenters. The molecule has 0 radical (unpaired) electrons. The summed E-state index contributed by atoms with van der Waals surface area (Å²) in [7, 11) is 1.42. The van der Waals surface area contributed by atoms with Crippen molar-refractivity contribution in [2.24, 2.45) is 0 Å². The Bertz CT molecular complexity index is 74.1. The minimum atomic E-state index is -0.507. The Kier molecular flexibility index (Phi) is 2.62. The zero-order valence-electron chi connectivity index (χ0n) is 3.80. The van der Waals surface area contributed by atoms with Crippen LogP contribution in [-0.4, -0.2) is 23.1 Å². The molecule has 0 spiro atoms. The predicted octanol–water partition coefficient (Wildman–Crippen LogP) is 0.306. The highest BCUT2D eigenvalue weighted by atomic mass is 35.5. The van der Waals surface area contributed by atoms with Crippen molar-refractivity contribution in [1.29, 1.82) is 0 Å². The number of rotatable bonds is 2. The van der Waals surface area contributed by atoms with Crippen molar-refractivity contribution < 1.29 is 4.92 Å². The minimum absolute atomic E-state index is 0.318. The van der Waals surface area contributed by atoms with Gasteiger partial charge in [0.05, 0.1) is 0 Å². The molecule has 0 bridgehead atoms. The lowest BCUT2D eigenvalue weighted by Crippen LogP contribution is -2.14. The average Bonchev–Trinajstić information content (AvgIpc) is 1.27. The van der Waals surface area contributed by atoms with Crippen LogP contribution in [0.2, 0.25) is 0 Å². The average molecular weight is 125 g/mol. The van der Waals surface area contributed by atoms with Gasteiger partial charge in [-0.05, 0) is 11.8 Å². The third-order valence-corrected chi connectivity index (χ3v) is 0.417. The van der Waals surface area contributed by atoms with Crippen LogP contribution in [0, 0.1) is 10.1 Å². The predicted molar refractivity (Wildman–Crippen MR) is 25.5 cm³/mol. The van der Waals surface area contributed by atoms with Gasteiger partial charge in [0.25, 0.3) is 6.67 Å². The van der Waals surface area contributed by atoms with Crippen LogP contribution in [-0.2, 0) is 0 Å². The Morgan fingerprint density at radius 1 is 2.00 bits per heavy atom. The van der Waals surface area contributed by atoms with Crippen LogP contribution in [0.25, 0.3) is 0 Å². The van der Waals surface area contributed by atoms with E-state index in [-0.39, 0.29) is 6.67 Å². The molecule has 0 saturated heterocycles. The van der Waals surface area contributed by atoms with Gasteiger partial charge in [-0.3, -0.25) is 10.1 Å². The van der Waals surface area contributed by atoms with Crippen molar-refractivity contribution in [3.05, 3.63) is 10.1 Å². The fourth-order valence-electron chi connectivity index (χ4n) is 0.159. The van der Waals surface area contributed by atoms with Gasteiger partial charge in [-0.1, -0.05) is 0 Å². The quantitative estimate of drug-likeness (QED) is 0.230. The SMILES string of the molecule is CN(Cl)C[N+](=O)[O-]. The van der Waals surface area contributed by atoms with Gasteiger partial charge in [0.1, 0.15) is 0 Å². The monoisotopic (exact) mass is 124 g/mol. The van der Waals surface area contributed by atoms with Crippen LogP contribution in [0.5, 0.6) is 0 Å². The van der Waals surface area contributed by atoms with E-state index >= 15 is 0 Å². The van der Waals surface area contributed by atoms with Crippen LogP contribution < -0.4 is 0 Å². The van der Waals surface area contributed by atoms with Crippen molar-refractivity contribution in [2.45, 2.75) is 0 Å². The van der Waals surface area contributed by atoms with Crippen molar-refractivity contribution in [1.82, 2.24) is 4.42 Å². The maximum atomic E-state index is 9.49. The molecular weight excluding hydrogens is 119 g/mol. The van der Waals surface area contributed by atoms with Gasteiger partial charge in [-0.2, -0.15) is 4.42 Å². The largest absolute Gasteiger partial charge is 0.271 e. The normalized spacial score (nSPS) is 9.57. The molecule has 5 heteroatoms. The standard InChI is InChI=1S/C2H5ClN2O2/c1-4(3)2-5(6)7/h2H2,1H3. The third-order valence-electron chi connectivity index (χ3n) is 0.310. The summed E-state index contributed by atoms with van der Waals surface area (Å²) in [6, 6.07) is 0. The molecule has 0 aromatic carbocycles. The van der Waals surface area contributed by atoms with Gasteiger partial charge < -0.3 is 0 Å². The van der Waals surface area contributed by atoms with E-state index in [4.69, 9.17) is 11.8 Å². The van der Waals surface area contributed by atoms with E-state index < -0.39 is 4.92 Å². The maximum absolute atomic E-state index is 9.49. The molecule has 0 aliphatic carbocycles. The molecule has 0 N–H and O–H groups in total. The van der Waals surface area contributed by atoms with E-state index in [1.54, 1.807) is 0 Å². The first-order valence-corrected chi connectivity index (χ1v) is 1.95. The Balaban J connectivity index is 3.13. The lowest BCUT2D eigenvalue weighted by atomic mass is 11.1. The fraction of sp³-hybridized carbons (Fsp3) is 1.00. The highest BCUT2D eigenvalue weighted by molar-refractivity contribution is 6.13. The van der Waals surface area contributed by atoms with E-state index in [1.165, 1.54) is 7.05 Å². The van der Waals surface area contributed by atoms with Crippen LogP contribution in [0.4, 0.5) is 0 Å². The summed E-state index contributed by atoms with van der Waals surface area (Å²) in [5, 5.41) is 9.49. The first kappa shape index (κ1) is 6.65. The molecule has 0 aromatic heterocycles. The number of halogens is 1. The van der Waals surface area contributed by atoms with Gasteiger partial charge in [0, 0.05) is 12.0 Å². The molecule has 0 amide bonds. The molecule has 0 aliphatic rings. The highest BCUT2D eigenvalue weighted by Crippen LogP contribution is 1.83. The lowest BCUT2D eigenvalue weighted by Gasteiger charge is -1.95. The maximum Gasteiger partial charge on any atom is 0.271 e. The van der Waals surface area contributed by atoms with Gasteiger partial charge in [0.2, 0.25) is 0 Å². The molecule has 0 aromatic rings. The first-order chi connectivity index (χ1) is 3.13. The van der Waals surface area contributed by atoms with Crippen molar-refractivity contribution in [3.8, 4) is 0 Å². The molecule has 0 fully saturated rings. The van der Waals surface area contributed by atoms with Gasteiger partial charge in [-0.25, -0.2) is 0 Å². The number of nitrogens with zero attached hydrogens (tertiary/aromatic N) is 2. The third kappa shape index (κ3) is 5.65.